The predicted octanol–water partition coefficient (Wildman–Crippen LogP) is 2.79. The maximum Gasteiger partial charge on any atom is 0.243 e. The first kappa shape index (κ1) is 15.3. The lowest BCUT2D eigenvalue weighted by molar-refractivity contribution is 0.204. The molecule has 4 nitrogen and oxygen atoms in total. The number of ether oxygens (including phenoxy) is 1. The Bertz CT molecular complexity index is 578. The number of nitrogens with zero attached hydrogens (tertiary/aromatic N) is 1. The molecular weight excluding hydrogens is 281 g/mol. The SMILES string of the molecule is COc1ccc(S(=O)(=O)N2C(C)CCCC2C)cc1F. The molecule has 0 amide bonds. The molecule has 2 unspecified atom stereocenters. The summed E-state index contributed by atoms with van der Waals surface area (Å²) in [7, 11) is -2.32. The van der Waals surface area contributed by atoms with Gasteiger partial charge in [-0.2, -0.15) is 4.31 Å². The fourth-order valence-electron chi connectivity index (χ4n) is 2.80. The monoisotopic (exact) mass is 301 g/mol. The molecule has 1 fully saturated rings. The van der Waals surface area contributed by atoms with E-state index in [1.165, 1.54) is 23.5 Å². The topological polar surface area (TPSA) is 46.6 Å². The van der Waals surface area contributed by atoms with E-state index in [9.17, 15) is 12.8 Å². The van der Waals surface area contributed by atoms with Crippen LogP contribution in [0.2, 0.25) is 0 Å². The molecule has 0 aromatic heterocycles. The highest BCUT2D eigenvalue weighted by Gasteiger charge is 2.35. The molecular formula is C14H20FNO3S. The Morgan fingerprint density at radius 3 is 2.35 bits per heavy atom. The van der Waals surface area contributed by atoms with E-state index in [2.05, 4.69) is 0 Å². The molecule has 2 atom stereocenters. The van der Waals surface area contributed by atoms with Crippen molar-refractivity contribution in [3.63, 3.8) is 0 Å². The van der Waals surface area contributed by atoms with Crippen LogP contribution in [0.4, 0.5) is 4.39 Å². The van der Waals surface area contributed by atoms with Crippen LogP contribution in [0.1, 0.15) is 33.1 Å². The largest absolute Gasteiger partial charge is 0.494 e. The number of methoxy groups -OCH3 is 1. The first-order valence-corrected chi connectivity index (χ1v) is 8.19. The van der Waals surface area contributed by atoms with Gasteiger partial charge >= 0.3 is 0 Å². The average Bonchev–Trinajstić information content (AvgIpc) is 2.38. The Balaban J connectivity index is 2.41. The van der Waals surface area contributed by atoms with E-state index in [1.807, 2.05) is 13.8 Å². The van der Waals surface area contributed by atoms with Gasteiger partial charge in [0.15, 0.2) is 11.6 Å². The Hall–Kier alpha value is -1.14. The van der Waals surface area contributed by atoms with Crippen molar-refractivity contribution in [2.75, 3.05) is 7.11 Å². The number of sulfonamides is 1. The summed E-state index contributed by atoms with van der Waals surface area (Å²) < 4.78 is 45.4. The standard InChI is InChI=1S/C14H20FNO3S/c1-10-5-4-6-11(2)16(10)20(17,18)12-7-8-14(19-3)13(15)9-12/h7-11H,4-6H2,1-3H3. The van der Waals surface area contributed by atoms with Crippen LogP contribution in [-0.4, -0.2) is 31.9 Å². The minimum Gasteiger partial charge on any atom is -0.494 e. The van der Waals surface area contributed by atoms with Crippen molar-refractivity contribution in [1.82, 2.24) is 4.31 Å². The van der Waals surface area contributed by atoms with Crippen molar-refractivity contribution >= 4 is 10.0 Å². The summed E-state index contributed by atoms with van der Waals surface area (Å²) >= 11 is 0. The second kappa shape index (κ2) is 5.69. The highest BCUT2D eigenvalue weighted by molar-refractivity contribution is 7.89. The van der Waals surface area contributed by atoms with Gasteiger partial charge in [-0.25, -0.2) is 12.8 Å². The molecule has 112 valence electrons. The predicted molar refractivity (Wildman–Crippen MR) is 74.8 cm³/mol. The molecule has 1 saturated heterocycles. The minimum absolute atomic E-state index is 0.0172. The second-order valence-electron chi connectivity index (χ2n) is 5.26. The molecule has 0 aliphatic carbocycles. The minimum atomic E-state index is -3.67. The highest BCUT2D eigenvalue weighted by Crippen LogP contribution is 2.30. The van der Waals surface area contributed by atoms with Gasteiger partial charge in [0.05, 0.1) is 12.0 Å². The van der Waals surface area contributed by atoms with E-state index >= 15 is 0 Å². The summed E-state index contributed by atoms with van der Waals surface area (Å²) in [5, 5.41) is 0. The lowest BCUT2D eigenvalue weighted by Crippen LogP contribution is -2.47. The summed E-state index contributed by atoms with van der Waals surface area (Å²) in [5.74, 6) is -0.616. The van der Waals surface area contributed by atoms with E-state index in [0.717, 1.165) is 25.3 Å². The van der Waals surface area contributed by atoms with Crippen molar-refractivity contribution in [1.29, 1.82) is 0 Å². The zero-order chi connectivity index (χ0) is 14.9. The van der Waals surface area contributed by atoms with E-state index in [1.54, 1.807) is 0 Å². The lowest BCUT2D eigenvalue weighted by atomic mass is 10.0. The fourth-order valence-corrected chi connectivity index (χ4v) is 4.69. The van der Waals surface area contributed by atoms with E-state index < -0.39 is 15.8 Å². The van der Waals surface area contributed by atoms with Gasteiger partial charge < -0.3 is 4.74 Å². The molecule has 20 heavy (non-hydrogen) atoms. The van der Waals surface area contributed by atoms with Crippen LogP contribution in [0.25, 0.3) is 0 Å². The molecule has 0 spiro atoms. The molecule has 1 heterocycles. The maximum atomic E-state index is 13.7. The lowest BCUT2D eigenvalue weighted by Gasteiger charge is -2.37. The van der Waals surface area contributed by atoms with Crippen LogP contribution in [-0.2, 0) is 10.0 Å². The molecule has 0 bridgehead atoms. The van der Waals surface area contributed by atoms with Crippen molar-refractivity contribution in [3.8, 4) is 5.75 Å². The third-order valence-corrected chi connectivity index (χ3v) is 5.94. The summed E-state index contributed by atoms with van der Waals surface area (Å²) in [5.41, 5.74) is 0. The molecule has 1 aromatic rings. The molecule has 0 saturated carbocycles. The number of rotatable bonds is 3. The third kappa shape index (κ3) is 2.67. The number of halogens is 1. The Morgan fingerprint density at radius 2 is 1.85 bits per heavy atom. The molecule has 1 aromatic carbocycles. The molecule has 0 N–H and O–H groups in total. The van der Waals surface area contributed by atoms with Gasteiger partial charge in [-0.05, 0) is 44.9 Å². The number of piperidine rings is 1. The second-order valence-corrected chi connectivity index (χ2v) is 7.10. The molecule has 1 aliphatic heterocycles. The summed E-state index contributed by atoms with van der Waals surface area (Å²) in [6, 6.07) is 3.65. The van der Waals surface area contributed by atoms with Crippen LogP contribution in [0.3, 0.4) is 0 Å². The van der Waals surface area contributed by atoms with Crippen molar-refractivity contribution in [3.05, 3.63) is 24.0 Å². The van der Waals surface area contributed by atoms with E-state index in [0.29, 0.717) is 0 Å². The van der Waals surface area contributed by atoms with E-state index in [-0.39, 0.29) is 22.7 Å². The maximum absolute atomic E-state index is 13.7. The summed E-state index contributed by atoms with van der Waals surface area (Å²) in [4.78, 5) is -0.0172. The molecule has 0 radical (unpaired) electrons. The highest BCUT2D eigenvalue weighted by atomic mass is 32.2. The normalized spacial score (nSPS) is 24.6. The van der Waals surface area contributed by atoms with Gasteiger partial charge in [0.2, 0.25) is 10.0 Å². The van der Waals surface area contributed by atoms with Gasteiger partial charge in [0.1, 0.15) is 0 Å². The third-order valence-electron chi connectivity index (χ3n) is 3.81. The first-order valence-electron chi connectivity index (χ1n) is 6.75. The summed E-state index contributed by atoms with van der Waals surface area (Å²) in [6.07, 6.45) is 2.69. The number of benzene rings is 1. The van der Waals surface area contributed by atoms with Crippen LogP contribution >= 0.6 is 0 Å². The first-order chi connectivity index (χ1) is 9.37. The smallest absolute Gasteiger partial charge is 0.243 e. The van der Waals surface area contributed by atoms with E-state index in [4.69, 9.17) is 4.74 Å². The average molecular weight is 301 g/mol. The van der Waals surface area contributed by atoms with Crippen molar-refractivity contribution < 1.29 is 17.5 Å². The zero-order valence-electron chi connectivity index (χ0n) is 12.0. The Kier molecular flexibility index (Phi) is 4.34. The van der Waals surface area contributed by atoms with Crippen molar-refractivity contribution in [2.24, 2.45) is 0 Å². The van der Waals surface area contributed by atoms with Crippen molar-refractivity contribution in [2.45, 2.75) is 50.1 Å². The van der Waals surface area contributed by atoms with Gasteiger partial charge in [-0.1, -0.05) is 6.42 Å². The van der Waals surface area contributed by atoms with Crippen LogP contribution < -0.4 is 4.74 Å². The quantitative estimate of drug-likeness (QED) is 0.862. The van der Waals surface area contributed by atoms with Crippen LogP contribution in [0.15, 0.2) is 23.1 Å². The molecule has 1 aliphatic rings. The van der Waals surface area contributed by atoms with Gasteiger partial charge in [-0.15, -0.1) is 0 Å². The zero-order valence-corrected chi connectivity index (χ0v) is 12.8. The molecule has 6 heteroatoms. The Morgan fingerprint density at radius 1 is 1.25 bits per heavy atom. The fraction of sp³-hybridized carbons (Fsp3) is 0.571. The van der Waals surface area contributed by atoms with Gasteiger partial charge in [0.25, 0.3) is 0 Å². The van der Waals surface area contributed by atoms with Gasteiger partial charge in [0, 0.05) is 12.1 Å². The van der Waals surface area contributed by atoms with Gasteiger partial charge in [-0.3, -0.25) is 0 Å². The summed E-state index contributed by atoms with van der Waals surface area (Å²) in [6.45, 7) is 3.79. The number of hydrogen-bond acceptors (Lipinski definition) is 3. The van der Waals surface area contributed by atoms with Crippen LogP contribution in [0.5, 0.6) is 5.75 Å². The Labute approximate surface area is 119 Å². The molecule has 2 rings (SSSR count). The van der Waals surface area contributed by atoms with Crippen LogP contribution in [0, 0.1) is 5.82 Å². The number of hydrogen-bond donors (Lipinski definition) is 0.